The van der Waals surface area contributed by atoms with Gasteiger partial charge in [-0.2, -0.15) is 0 Å². The monoisotopic (exact) mass is 159 g/mol. The zero-order valence-corrected chi connectivity index (χ0v) is 6.82. The van der Waals surface area contributed by atoms with Gasteiger partial charge in [-0.15, -0.1) is 0 Å². The molecular weight excluding hydrogens is 145 g/mol. The van der Waals surface area contributed by atoms with Gasteiger partial charge in [0.05, 0.1) is 0 Å². The van der Waals surface area contributed by atoms with Gasteiger partial charge < -0.3 is 5.32 Å². The first-order chi connectivity index (χ1) is 5.19. The standard InChI is InChI=1S/C8H14FNO/c1-10-7(11)8(9)5-3-2-4-6-8/h2-6H2,1H3,(H,10,11). The molecule has 2 nitrogen and oxygen atoms in total. The second-order valence-electron chi connectivity index (χ2n) is 3.11. The summed E-state index contributed by atoms with van der Waals surface area (Å²) in [5.74, 6) is -0.447. The third-order valence-electron chi connectivity index (χ3n) is 2.28. The van der Waals surface area contributed by atoms with Gasteiger partial charge in [0, 0.05) is 7.05 Å². The number of carbonyl (C=O) groups is 1. The van der Waals surface area contributed by atoms with Crippen LogP contribution in [0.3, 0.4) is 0 Å². The van der Waals surface area contributed by atoms with Crippen molar-refractivity contribution in [1.29, 1.82) is 0 Å². The Morgan fingerprint density at radius 3 is 2.36 bits per heavy atom. The van der Waals surface area contributed by atoms with Crippen molar-refractivity contribution in [2.75, 3.05) is 7.05 Å². The van der Waals surface area contributed by atoms with Crippen molar-refractivity contribution in [3.05, 3.63) is 0 Å². The number of rotatable bonds is 1. The van der Waals surface area contributed by atoms with Crippen LogP contribution in [0.15, 0.2) is 0 Å². The molecule has 1 saturated carbocycles. The molecule has 1 fully saturated rings. The van der Waals surface area contributed by atoms with Gasteiger partial charge in [0.1, 0.15) is 0 Å². The second kappa shape index (κ2) is 3.20. The van der Waals surface area contributed by atoms with Crippen molar-refractivity contribution in [1.82, 2.24) is 5.32 Å². The van der Waals surface area contributed by atoms with Gasteiger partial charge in [-0.3, -0.25) is 4.79 Å². The van der Waals surface area contributed by atoms with Gasteiger partial charge in [0.25, 0.3) is 5.91 Å². The molecule has 3 heteroatoms. The normalized spacial score (nSPS) is 22.7. The zero-order chi connectivity index (χ0) is 8.32. The lowest BCUT2D eigenvalue weighted by Crippen LogP contribution is -2.43. The van der Waals surface area contributed by atoms with Crippen molar-refractivity contribution >= 4 is 5.91 Å². The number of amides is 1. The van der Waals surface area contributed by atoms with Crippen molar-refractivity contribution < 1.29 is 9.18 Å². The number of alkyl halides is 1. The maximum Gasteiger partial charge on any atom is 0.257 e. The number of nitrogens with one attached hydrogen (secondary N) is 1. The van der Waals surface area contributed by atoms with Gasteiger partial charge in [-0.05, 0) is 25.7 Å². The van der Waals surface area contributed by atoms with E-state index in [1.807, 2.05) is 0 Å². The Hall–Kier alpha value is -0.600. The Morgan fingerprint density at radius 2 is 1.91 bits per heavy atom. The second-order valence-corrected chi connectivity index (χ2v) is 3.11. The average Bonchev–Trinajstić information content (AvgIpc) is 2.04. The Kier molecular flexibility index (Phi) is 2.47. The van der Waals surface area contributed by atoms with Crippen LogP contribution in [0.25, 0.3) is 0 Å². The molecule has 0 unspecified atom stereocenters. The van der Waals surface area contributed by atoms with E-state index in [-0.39, 0.29) is 0 Å². The zero-order valence-electron chi connectivity index (χ0n) is 6.82. The summed E-state index contributed by atoms with van der Waals surface area (Å²) in [6.45, 7) is 0. The van der Waals surface area contributed by atoms with E-state index in [1.165, 1.54) is 7.05 Å². The molecule has 0 bridgehead atoms. The Morgan fingerprint density at radius 1 is 1.36 bits per heavy atom. The summed E-state index contributed by atoms with van der Waals surface area (Å²) in [6.07, 6.45) is 3.52. The first-order valence-electron chi connectivity index (χ1n) is 4.10. The molecule has 0 radical (unpaired) electrons. The maximum atomic E-state index is 13.6. The van der Waals surface area contributed by atoms with Crippen LogP contribution in [0.1, 0.15) is 32.1 Å². The molecule has 0 saturated heterocycles. The van der Waals surface area contributed by atoms with E-state index >= 15 is 0 Å². The molecular formula is C8H14FNO. The van der Waals surface area contributed by atoms with Crippen LogP contribution in [-0.4, -0.2) is 18.6 Å². The number of hydrogen-bond acceptors (Lipinski definition) is 1. The highest BCUT2D eigenvalue weighted by molar-refractivity contribution is 5.84. The molecule has 0 aromatic carbocycles. The van der Waals surface area contributed by atoms with E-state index in [0.717, 1.165) is 19.3 Å². The quantitative estimate of drug-likeness (QED) is 0.615. The van der Waals surface area contributed by atoms with Crippen LogP contribution in [0.4, 0.5) is 4.39 Å². The predicted octanol–water partition coefficient (Wildman–Crippen LogP) is 1.40. The van der Waals surface area contributed by atoms with Crippen LogP contribution in [0, 0.1) is 0 Å². The minimum Gasteiger partial charge on any atom is -0.356 e. The van der Waals surface area contributed by atoms with E-state index in [9.17, 15) is 9.18 Å². The minimum absolute atomic E-state index is 0.396. The van der Waals surface area contributed by atoms with Crippen molar-refractivity contribution in [2.45, 2.75) is 37.8 Å². The predicted molar refractivity (Wildman–Crippen MR) is 41.0 cm³/mol. The fourth-order valence-electron chi connectivity index (χ4n) is 1.56. The Labute approximate surface area is 66.2 Å². The average molecular weight is 159 g/mol. The lowest BCUT2D eigenvalue weighted by atomic mass is 9.86. The topological polar surface area (TPSA) is 29.1 Å². The summed E-state index contributed by atoms with van der Waals surface area (Å²) in [5.41, 5.74) is -1.56. The molecule has 0 aliphatic heterocycles. The summed E-state index contributed by atoms with van der Waals surface area (Å²) >= 11 is 0. The van der Waals surface area contributed by atoms with Crippen LogP contribution < -0.4 is 5.32 Å². The number of hydrogen-bond donors (Lipinski definition) is 1. The highest BCUT2D eigenvalue weighted by Crippen LogP contribution is 2.31. The smallest absolute Gasteiger partial charge is 0.257 e. The Bertz CT molecular complexity index is 152. The summed E-state index contributed by atoms with van der Waals surface area (Å²) in [5, 5.41) is 2.36. The highest BCUT2D eigenvalue weighted by Gasteiger charge is 2.38. The number of halogens is 1. The number of carbonyl (C=O) groups excluding carboxylic acids is 1. The molecule has 11 heavy (non-hydrogen) atoms. The van der Waals surface area contributed by atoms with E-state index in [1.54, 1.807) is 0 Å². The van der Waals surface area contributed by atoms with Gasteiger partial charge in [-0.1, -0.05) is 6.42 Å². The first-order valence-corrected chi connectivity index (χ1v) is 4.10. The van der Waals surface area contributed by atoms with Crippen molar-refractivity contribution in [2.24, 2.45) is 0 Å². The van der Waals surface area contributed by atoms with Crippen LogP contribution in [-0.2, 0) is 4.79 Å². The molecule has 1 N–H and O–H groups in total. The van der Waals surface area contributed by atoms with Crippen LogP contribution in [0.2, 0.25) is 0 Å². The molecule has 1 amide bonds. The van der Waals surface area contributed by atoms with E-state index in [2.05, 4.69) is 5.32 Å². The van der Waals surface area contributed by atoms with Crippen LogP contribution >= 0.6 is 0 Å². The van der Waals surface area contributed by atoms with Crippen LogP contribution in [0.5, 0.6) is 0 Å². The molecule has 0 aromatic rings. The minimum atomic E-state index is -1.56. The first kappa shape index (κ1) is 8.50. The lowest BCUT2D eigenvalue weighted by Gasteiger charge is -2.27. The summed E-state index contributed by atoms with van der Waals surface area (Å²) < 4.78 is 13.6. The summed E-state index contributed by atoms with van der Waals surface area (Å²) in [4.78, 5) is 11.0. The third-order valence-corrected chi connectivity index (χ3v) is 2.28. The lowest BCUT2D eigenvalue weighted by molar-refractivity contribution is -0.134. The van der Waals surface area contributed by atoms with E-state index in [0.29, 0.717) is 12.8 Å². The summed E-state index contributed by atoms with van der Waals surface area (Å²) in [6, 6.07) is 0. The maximum absolute atomic E-state index is 13.6. The summed E-state index contributed by atoms with van der Waals surface area (Å²) in [7, 11) is 1.48. The van der Waals surface area contributed by atoms with Gasteiger partial charge in [0.2, 0.25) is 0 Å². The molecule has 0 spiro atoms. The fourth-order valence-corrected chi connectivity index (χ4v) is 1.56. The Balaban J connectivity index is 2.56. The van der Waals surface area contributed by atoms with Gasteiger partial charge >= 0.3 is 0 Å². The SMILES string of the molecule is CNC(=O)C1(F)CCCCC1. The van der Waals surface area contributed by atoms with E-state index < -0.39 is 11.6 Å². The third kappa shape index (κ3) is 1.70. The van der Waals surface area contributed by atoms with Gasteiger partial charge in [0.15, 0.2) is 5.67 Å². The largest absolute Gasteiger partial charge is 0.356 e. The fraction of sp³-hybridized carbons (Fsp3) is 0.875. The van der Waals surface area contributed by atoms with E-state index in [4.69, 9.17) is 0 Å². The van der Waals surface area contributed by atoms with Crippen molar-refractivity contribution in [3.63, 3.8) is 0 Å². The molecule has 0 atom stereocenters. The highest BCUT2D eigenvalue weighted by atomic mass is 19.1. The molecule has 64 valence electrons. The van der Waals surface area contributed by atoms with Crippen molar-refractivity contribution in [3.8, 4) is 0 Å². The molecule has 0 aromatic heterocycles. The molecule has 0 heterocycles. The molecule has 1 rings (SSSR count). The molecule has 1 aliphatic carbocycles. The molecule has 1 aliphatic rings. The van der Waals surface area contributed by atoms with Gasteiger partial charge in [-0.25, -0.2) is 4.39 Å².